The smallest absolute Gasteiger partial charge is 0.134 e. The Kier molecular flexibility index (Phi) is 3.42. The zero-order valence-electron chi connectivity index (χ0n) is 12.3. The van der Waals surface area contributed by atoms with E-state index in [0.717, 1.165) is 23.0 Å². The number of hydrogen-bond acceptors (Lipinski definition) is 4. The molecular formula is C15H21N5. The molecular weight excluding hydrogens is 250 g/mol. The Bertz CT molecular complexity index is 590. The summed E-state index contributed by atoms with van der Waals surface area (Å²) in [5.41, 5.74) is 3.20. The van der Waals surface area contributed by atoms with Crippen LogP contribution in [0.3, 0.4) is 0 Å². The van der Waals surface area contributed by atoms with Crippen LogP contribution in [0, 0.1) is 20.8 Å². The highest BCUT2D eigenvalue weighted by Crippen LogP contribution is 2.32. The molecule has 0 saturated heterocycles. The summed E-state index contributed by atoms with van der Waals surface area (Å²) in [6, 6.07) is 2.53. The van der Waals surface area contributed by atoms with Gasteiger partial charge in [-0.15, -0.1) is 0 Å². The second-order valence-corrected chi connectivity index (χ2v) is 5.59. The fourth-order valence-electron chi connectivity index (χ4n) is 2.98. The average Bonchev–Trinajstić information content (AvgIpc) is 2.99. The van der Waals surface area contributed by atoms with Gasteiger partial charge >= 0.3 is 0 Å². The quantitative estimate of drug-likeness (QED) is 0.929. The third-order valence-corrected chi connectivity index (χ3v) is 3.94. The van der Waals surface area contributed by atoms with Crippen molar-refractivity contribution < 1.29 is 0 Å². The van der Waals surface area contributed by atoms with E-state index >= 15 is 0 Å². The number of aromatic nitrogens is 4. The van der Waals surface area contributed by atoms with Gasteiger partial charge in [-0.05, 0) is 33.6 Å². The molecule has 1 saturated carbocycles. The summed E-state index contributed by atoms with van der Waals surface area (Å²) in [7, 11) is 0. The molecule has 0 radical (unpaired) electrons. The maximum absolute atomic E-state index is 4.55. The van der Waals surface area contributed by atoms with Crippen molar-refractivity contribution in [1.82, 2.24) is 19.7 Å². The standard InChI is InChI=1S/C15H21N5/c1-10-8-15(18-12(3)17-10)19-14-9-16-20(11(14)2)13-6-4-5-7-13/h8-9,13H,4-7H2,1-3H3,(H,17,18,19). The van der Waals surface area contributed by atoms with Crippen LogP contribution in [-0.2, 0) is 0 Å². The van der Waals surface area contributed by atoms with E-state index in [1.165, 1.54) is 31.4 Å². The molecule has 3 rings (SSSR count). The van der Waals surface area contributed by atoms with Gasteiger partial charge in [0.25, 0.3) is 0 Å². The van der Waals surface area contributed by atoms with Crippen LogP contribution in [0.5, 0.6) is 0 Å². The lowest BCUT2D eigenvalue weighted by Gasteiger charge is -2.13. The van der Waals surface area contributed by atoms with Crippen molar-refractivity contribution in [3.8, 4) is 0 Å². The van der Waals surface area contributed by atoms with E-state index in [0.29, 0.717) is 6.04 Å². The van der Waals surface area contributed by atoms with E-state index in [1.807, 2.05) is 26.1 Å². The molecule has 1 fully saturated rings. The molecule has 0 unspecified atom stereocenters. The van der Waals surface area contributed by atoms with Crippen molar-refractivity contribution in [1.29, 1.82) is 0 Å². The van der Waals surface area contributed by atoms with E-state index in [2.05, 4.69) is 32.0 Å². The van der Waals surface area contributed by atoms with Gasteiger partial charge in [0, 0.05) is 11.8 Å². The van der Waals surface area contributed by atoms with Gasteiger partial charge in [-0.25, -0.2) is 9.97 Å². The molecule has 0 spiro atoms. The molecule has 20 heavy (non-hydrogen) atoms. The van der Waals surface area contributed by atoms with Gasteiger partial charge in [-0.3, -0.25) is 4.68 Å². The summed E-state index contributed by atoms with van der Waals surface area (Å²) < 4.78 is 2.16. The Hall–Kier alpha value is -1.91. The van der Waals surface area contributed by atoms with Crippen molar-refractivity contribution >= 4 is 11.5 Å². The number of rotatable bonds is 3. The Balaban J connectivity index is 1.84. The van der Waals surface area contributed by atoms with Crippen molar-refractivity contribution in [3.63, 3.8) is 0 Å². The first-order chi connectivity index (χ1) is 9.63. The predicted octanol–water partition coefficient (Wildman–Crippen LogP) is 3.46. The minimum atomic E-state index is 0.569. The Labute approximate surface area is 119 Å². The molecule has 2 aromatic heterocycles. The molecule has 5 heteroatoms. The first-order valence-electron chi connectivity index (χ1n) is 7.27. The fraction of sp³-hybridized carbons (Fsp3) is 0.533. The maximum Gasteiger partial charge on any atom is 0.134 e. The number of anilines is 2. The zero-order valence-corrected chi connectivity index (χ0v) is 12.3. The van der Waals surface area contributed by atoms with Crippen molar-refractivity contribution in [2.45, 2.75) is 52.5 Å². The van der Waals surface area contributed by atoms with Crippen molar-refractivity contribution in [2.75, 3.05) is 5.32 Å². The molecule has 0 aliphatic heterocycles. The van der Waals surface area contributed by atoms with Gasteiger partial charge in [-0.2, -0.15) is 5.10 Å². The van der Waals surface area contributed by atoms with Gasteiger partial charge in [0.2, 0.25) is 0 Å². The van der Waals surface area contributed by atoms with Crippen LogP contribution in [0.4, 0.5) is 11.5 Å². The molecule has 1 N–H and O–H groups in total. The van der Waals surface area contributed by atoms with Gasteiger partial charge < -0.3 is 5.32 Å². The number of hydrogen-bond donors (Lipinski definition) is 1. The molecule has 0 aromatic carbocycles. The first-order valence-corrected chi connectivity index (χ1v) is 7.27. The molecule has 0 amide bonds. The van der Waals surface area contributed by atoms with Crippen LogP contribution in [0.15, 0.2) is 12.3 Å². The van der Waals surface area contributed by atoms with Crippen molar-refractivity contribution in [3.05, 3.63) is 29.5 Å². The van der Waals surface area contributed by atoms with Gasteiger partial charge in [0.15, 0.2) is 0 Å². The molecule has 2 heterocycles. The summed E-state index contributed by atoms with van der Waals surface area (Å²) in [5.74, 6) is 1.62. The Morgan fingerprint density at radius 3 is 2.60 bits per heavy atom. The van der Waals surface area contributed by atoms with E-state index < -0.39 is 0 Å². The summed E-state index contributed by atoms with van der Waals surface area (Å²) in [6.07, 6.45) is 7.02. The van der Waals surface area contributed by atoms with Crippen LogP contribution >= 0.6 is 0 Å². The molecule has 0 atom stereocenters. The topological polar surface area (TPSA) is 55.6 Å². The summed E-state index contributed by atoms with van der Waals surface area (Å²) in [5, 5.41) is 7.91. The van der Waals surface area contributed by atoms with Crippen LogP contribution in [-0.4, -0.2) is 19.7 Å². The van der Waals surface area contributed by atoms with Gasteiger partial charge in [0.05, 0.1) is 23.6 Å². The van der Waals surface area contributed by atoms with Crippen LogP contribution < -0.4 is 5.32 Å². The highest BCUT2D eigenvalue weighted by Gasteiger charge is 2.20. The van der Waals surface area contributed by atoms with E-state index in [1.54, 1.807) is 0 Å². The fourth-order valence-corrected chi connectivity index (χ4v) is 2.98. The van der Waals surface area contributed by atoms with Crippen LogP contribution in [0.1, 0.15) is 48.9 Å². The lowest BCUT2D eigenvalue weighted by atomic mass is 10.2. The van der Waals surface area contributed by atoms with Crippen LogP contribution in [0.2, 0.25) is 0 Å². The molecule has 2 aromatic rings. The van der Waals surface area contributed by atoms with Gasteiger partial charge in [-0.1, -0.05) is 12.8 Å². The number of aryl methyl sites for hydroxylation is 2. The average molecular weight is 271 g/mol. The summed E-state index contributed by atoms with van der Waals surface area (Å²) in [6.45, 7) is 6.01. The lowest BCUT2D eigenvalue weighted by Crippen LogP contribution is -2.08. The maximum atomic E-state index is 4.55. The molecule has 1 aliphatic carbocycles. The summed E-state index contributed by atoms with van der Waals surface area (Å²) in [4.78, 5) is 8.71. The first kappa shape index (κ1) is 13.1. The number of nitrogens with zero attached hydrogens (tertiary/aromatic N) is 4. The SMILES string of the molecule is Cc1cc(Nc2cnn(C3CCCC3)c2C)nc(C)n1. The second-order valence-electron chi connectivity index (χ2n) is 5.59. The Morgan fingerprint density at radius 2 is 1.90 bits per heavy atom. The zero-order chi connectivity index (χ0) is 14.1. The normalized spacial score (nSPS) is 15.8. The highest BCUT2D eigenvalue weighted by atomic mass is 15.3. The van der Waals surface area contributed by atoms with Gasteiger partial charge in [0.1, 0.15) is 11.6 Å². The van der Waals surface area contributed by atoms with Crippen molar-refractivity contribution in [2.24, 2.45) is 0 Å². The lowest BCUT2D eigenvalue weighted by molar-refractivity contribution is 0.457. The highest BCUT2D eigenvalue weighted by molar-refractivity contribution is 5.58. The van der Waals surface area contributed by atoms with E-state index in [9.17, 15) is 0 Å². The van der Waals surface area contributed by atoms with Crippen LogP contribution in [0.25, 0.3) is 0 Å². The predicted molar refractivity (Wildman–Crippen MR) is 79.3 cm³/mol. The largest absolute Gasteiger partial charge is 0.337 e. The van der Waals surface area contributed by atoms with E-state index in [4.69, 9.17) is 0 Å². The third kappa shape index (κ3) is 2.53. The molecule has 5 nitrogen and oxygen atoms in total. The van der Waals surface area contributed by atoms with E-state index in [-0.39, 0.29) is 0 Å². The molecule has 1 aliphatic rings. The Morgan fingerprint density at radius 1 is 1.15 bits per heavy atom. The minimum absolute atomic E-state index is 0.569. The third-order valence-electron chi connectivity index (χ3n) is 3.94. The minimum Gasteiger partial charge on any atom is -0.337 e. The number of nitrogens with one attached hydrogen (secondary N) is 1. The second kappa shape index (κ2) is 5.23. The molecule has 106 valence electrons. The monoisotopic (exact) mass is 271 g/mol. The molecule has 0 bridgehead atoms. The summed E-state index contributed by atoms with van der Waals surface area (Å²) >= 11 is 0.